The average molecular weight is 334 g/mol. The van der Waals surface area contributed by atoms with E-state index in [1.165, 1.54) is 0 Å². The Morgan fingerprint density at radius 2 is 2.00 bits per heavy atom. The average Bonchev–Trinajstić information content (AvgIpc) is 2.26. The molecule has 104 valence electrons. The van der Waals surface area contributed by atoms with Crippen molar-refractivity contribution in [1.29, 1.82) is 0 Å². The Kier molecular flexibility index (Phi) is 4.20. The van der Waals surface area contributed by atoms with Gasteiger partial charge < -0.3 is 10.1 Å². The predicted octanol–water partition coefficient (Wildman–Crippen LogP) is 3.03. The molecule has 0 aliphatic heterocycles. The molecule has 0 aromatic heterocycles. The van der Waals surface area contributed by atoms with Crippen molar-refractivity contribution in [3.8, 4) is 0 Å². The van der Waals surface area contributed by atoms with Crippen molar-refractivity contribution >= 4 is 21.8 Å². The van der Waals surface area contributed by atoms with E-state index in [9.17, 15) is 13.6 Å². The van der Waals surface area contributed by atoms with Crippen LogP contribution >= 0.6 is 15.9 Å². The Hall–Kier alpha value is -1.01. The van der Waals surface area contributed by atoms with Crippen LogP contribution < -0.4 is 5.32 Å². The van der Waals surface area contributed by atoms with E-state index in [0.29, 0.717) is 0 Å². The number of carbonyl (C=O) groups excluding carboxylic acids is 1. The summed E-state index contributed by atoms with van der Waals surface area (Å²) in [5.41, 5.74) is -0.938. The van der Waals surface area contributed by atoms with Crippen LogP contribution in [0.15, 0.2) is 16.6 Å². The van der Waals surface area contributed by atoms with Gasteiger partial charge in [0.15, 0.2) is 0 Å². The standard InChI is InChI=1S/C13H14BrF2NO2/c1-19-13(3-2-4-13)7-17-12(18)11-9(15)5-8(14)6-10(11)16/h5-6H,2-4,7H2,1H3,(H,17,18). The minimum atomic E-state index is -0.885. The molecule has 6 heteroatoms. The molecule has 0 atom stereocenters. The molecule has 0 saturated heterocycles. The summed E-state index contributed by atoms with van der Waals surface area (Å²) in [6.07, 6.45) is 2.72. The summed E-state index contributed by atoms with van der Waals surface area (Å²) in [7, 11) is 1.58. The number of hydrogen-bond acceptors (Lipinski definition) is 2. The summed E-state index contributed by atoms with van der Waals surface area (Å²) in [5.74, 6) is -2.53. The van der Waals surface area contributed by atoms with Gasteiger partial charge in [0.05, 0.1) is 5.60 Å². The van der Waals surface area contributed by atoms with Gasteiger partial charge in [0.25, 0.3) is 5.91 Å². The van der Waals surface area contributed by atoms with Gasteiger partial charge in [-0.15, -0.1) is 0 Å². The summed E-state index contributed by atoms with van der Waals surface area (Å²) in [5, 5.41) is 2.53. The Balaban J connectivity index is 2.08. The molecule has 1 N–H and O–H groups in total. The maximum absolute atomic E-state index is 13.6. The molecule has 19 heavy (non-hydrogen) atoms. The number of hydrogen-bond donors (Lipinski definition) is 1. The lowest BCUT2D eigenvalue weighted by Gasteiger charge is -2.40. The SMILES string of the molecule is COC1(CNC(=O)c2c(F)cc(Br)cc2F)CCC1. The third-order valence-corrected chi connectivity index (χ3v) is 3.96. The van der Waals surface area contributed by atoms with E-state index in [4.69, 9.17) is 4.74 Å². The molecule has 1 fully saturated rings. The van der Waals surface area contributed by atoms with Gasteiger partial charge in [-0.3, -0.25) is 4.79 Å². The maximum Gasteiger partial charge on any atom is 0.257 e. The zero-order valence-electron chi connectivity index (χ0n) is 10.4. The highest BCUT2D eigenvalue weighted by Gasteiger charge is 2.37. The quantitative estimate of drug-likeness (QED) is 0.919. The maximum atomic E-state index is 13.6. The van der Waals surface area contributed by atoms with E-state index in [1.54, 1.807) is 7.11 Å². The van der Waals surface area contributed by atoms with Crippen LogP contribution in [-0.2, 0) is 4.74 Å². The van der Waals surface area contributed by atoms with Gasteiger partial charge in [0.2, 0.25) is 0 Å². The molecule has 0 unspecified atom stereocenters. The van der Waals surface area contributed by atoms with Crippen molar-refractivity contribution in [2.75, 3.05) is 13.7 Å². The van der Waals surface area contributed by atoms with Crippen LogP contribution in [0.2, 0.25) is 0 Å². The first-order valence-electron chi connectivity index (χ1n) is 5.95. The number of methoxy groups -OCH3 is 1. The van der Waals surface area contributed by atoms with Gasteiger partial charge >= 0.3 is 0 Å². The molecule has 0 heterocycles. The second-order valence-electron chi connectivity index (χ2n) is 4.67. The second-order valence-corrected chi connectivity index (χ2v) is 5.58. The van der Waals surface area contributed by atoms with Gasteiger partial charge in [0, 0.05) is 18.1 Å². The van der Waals surface area contributed by atoms with E-state index >= 15 is 0 Å². The van der Waals surface area contributed by atoms with E-state index in [2.05, 4.69) is 21.2 Å². The van der Waals surface area contributed by atoms with Gasteiger partial charge in [0.1, 0.15) is 17.2 Å². The van der Waals surface area contributed by atoms with Crippen LogP contribution in [0.1, 0.15) is 29.6 Å². The van der Waals surface area contributed by atoms with Gasteiger partial charge in [-0.2, -0.15) is 0 Å². The Labute approximate surface area is 118 Å². The molecular weight excluding hydrogens is 320 g/mol. The number of halogens is 3. The third-order valence-electron chi connectivity index (χ3n) is 3.50. The number of amides is 1. The van der Waals surface area contributed by atoms with Gasteiger partial charge in [-0.05, 0) is 31.4 Å². The fourth-order valence-corrected chi connectivity index (χ4v) is 2.52. The molecule has 3 nitrogen and oxygen atoms in total. The smallest absolute Gasteiger partial charge is 0.257 e. The fourth-order valence-electron chi connectivity index (χ4n) is 2.11. The summed E-state index contributed by atoms with van der Waals surface area (Å²) in [6.45, 7) is 0.261. The first-order chi connectivity index (χ1) is 8.97. The van der Waals surface area contributed by atoms with Crippen molar-refractivity contribution in [3.63, 3.8) is 0 Å². The lowest BCUT2D eigenvalue weighted by atomic mass is 9.80. The summed E-state index contributed by atoms with van der Waals surface area (Å²) < 4.78 is 32.8. The van der Waals surface area contributed by atoms with Gasteiger partial charge in [-0.25, -0.2) is 8.78 Å². The zero-order valence-corrected chi connectivity index (χ0v) is 12.0. The first-order valence-corrected chi connectivity index (χ1v) is 6.75. The Morgan fingerprint density at radius 3 is 2.42 bits per heavy atom. The number of ether oxygens (including phenoxy) is 1. The molecule has 1 aromatic carbocycles. The van der Waals surface area contributed by atoms with Crippen LogP contribution in [0.3, 0.4) is 0 Å². The molecule has 2 rings (SSSR count). The van der Waals surface area contributed by atoms with E-state index in [0.717, 1.165) is 31.4 Å². The molecule has 1 saturated carbocycles. The number of nitrogens with one attached hydrogen (secondary N) is 1. The topological polar surface area (TPSA) is 38.3 Å². The van der Waals surface area contributed by atoms with Crippen LogP contribution in [0.4, 0.5) is 8.78 Å². The van der Waals surface area contributed by atoms with Crippen molar-refractivity contribution in [2.24, 2.45) is 0 Å². The first kappa shape index (κ1) is 14.4. The molecule has 1 aromatic rings. The van der Waals surface area contributed by atoms with Gasteiger partial charge in [-0.1, -0.05) is 15.9 Å². The Bertz CT molecular complexity index is 475. The largest absolute Gasteiger partial charge is 0.376 e. The molecular formula is C13H14BrF2NO2. The van der Waals surface area contributed by atoms with Crippen molar-refractivity contribution in [3.05, 3.63) is 33.8 Å². The highest BCUT2D eigenvalue weighted by Crippen LogP contribution is 2.34. The molecule has 1 amide bonds. The minimum absolute atomic E-state index is 0.256. The normalized spacial score (nSPS) is 16.8. The lowest BCUT2D eigenvalue weighted by Crippen LogP contribution is -2.49. The Morgan fingerprint density at radius 1 is 1.42 bits per heavy atom. The van der Waals surface area contributed by atoms with Crippen LogP contribution in [0.5, 0.6) is 0 Å². The third kappa shape index (κ3) is 2.95. The molecule has 1 aliphatic rings. The monoisotopic (exact) mass is 333 g/mol. The second kappa shape index (κ2) is 5.54. The lowest BCUT2D eigenvalue weighted by molar-refractivity contribution is -0.0679. The van der Waals surface area contributed by atoms with E-state index in [-0.39, 0.29) is 16.6 Å². The molecule has 1 aliphatic carbocycles. The van der Waals surface area contributed by atoms with Crippen LogP contribution in [-0.4, -0.2) is 25.2 Å². The van der Waals surface area contributed by atoms with Crippen LogP contribution in [0, 0.1) is 11.6 Å². The van der Waals surface area contributed by atoms with Crippen molar-refractivity contribution in [1.82, 2.24) is 5.32 Å². The summed E-state index contributed by atoms with van der Waals surface area (Å²) in [6, 6.07) is 2.13. The molecule has 0 radical (unpaired) electrons. The summed E-state index contributed by atoms with van der Waals surface area (Å²) >= 11 is 2.97. The minimum Gasteiger partial charge on any atom is -0.376 e. The summed E-state index contributed by atoms with van der Waals surface area (Å²) in [4.78, 5) is 11.8. The van der Waals surface area contributed by atoms with Crippen molar-refractivity contribution in [2.45, 2.75) is 24.9 Å². The fraction of sp³-hybridized carbons (Fsp3) is 0.462. The number of rotatable bonds is 4. The number of benzene rings is 1. The van der Waals surface area contributed by atoms with E-state index in [1.807, 2.05) is 0 Å². The predicted molar refractivity (Wildman–Crippen MR) is 70.0 cm³/mol. The number of carbonyl (C=O) groups is 1. The highest BCUT2D eigenvalue weighted by atomic mass is 79.9. The molecule has 0 spiro atoms. The van der Waals surface area contributed by atoms with E-state index < -0.39 is 23.1 Å². The molecule has 0 bridgehead atoms. The zero-order chi connectivity index (χ0) is 14.0. The van der Waals surface area contributed by atoms with Crippen molar-refractivity contribution < 1.29 is 18.3 Å². The van der Waals surface area contributed by atoms with Crippen LogP contribution in [0.25, 0.3) is 0 Å². The highest BCUT2D eigenvalue weighted by molar-refractivity contribution is 9.10.